The van der Waals surface area contributed by atoms with Crippen LogP contribution in [0.5, 0.6) is 0 Å². The van der Waals surface area contributed by atoms with Gasteiger partial charge in [0.05, 0.1) is 13.1 Å². The Hall–Kier alpha value is -1.95. The number of nitrogens with zero attached hydrogens (tertiary/aromatic N) is 2. The minimum absolute atomic E-state index is 0.0000336. The van der Waals surface area contributed by atoms with Crippen molar-refractivity contribution < 1.29 is 4.79 Å². The van der Waals surface area contributed by atoms with E-state index in [-0.39, 0.29) is 12.5 Å². The second kappa shape index (κ2) is 10.0. The lowest BCUT2D eigenvalue weighted by Gasteiger charge is -2.15. The summed E-state index contributed by atoms with van der Waals surface area (Å²) in [5.41, 5.74) is 3.41. The van der Waals surface area contributed by atoms with E-state index in [0.29, 0.717) is 19.0 Å². The van der Waals surface area contributed by atoms with E-state index in [9.17, 15) is 4.79 Å². The van der Waals surface area contributed by atoms with E-state index in [1.807, 2.05) is 6.92 Å². The molecule has 0 fully saturated rings. The van der Waals surface area contributed by atoms with Gasteiger partial charge in [0.1, 0.15) is 0 Å². The van der Waals surface area contributed by atoms with Gasteiger partial charge < -0.3 is 15.5 Å². The van der Waals surface area contributed by atoms with Gasteiger partial charge in [0.2, 0.25) is 5.91 Å². The van der Waals surface area contributed by atoms with Gasteiger partial charge in [-0.25, -0.2) is 4.99 Å². The molecule has 1 rings (SSSR count). The first-order valence-electron chi connectivity index (χ1n) is 7.83. The van der Waals surface area contributed by atoms with Gasteiger partial charge in [-0.3, -0.25) is 4.79 Å². The first-order chi connectivity index (χ1) is 11.3. The van der Waals surface area contributed by atoms with Crippen LogP contribution in [0.4, 0.5) is 0 Å². The monoisotopic (exact) mass is 348 g/mol. The Bertz CT molecular complexity index is 611. The minimum atomic E-state index is -0.0000336. The lowest BCUT2D eigenvalue weighted by atomic mass is 10.1. The number of hydrogen-bond acceptors (Lipinski definition) is 3. The van der Waals surface area contributed by atoms with Crippen LogP contribution in [0.25, 0.3) is 0 Å². The van der Waals surface area contributed by atoms with Gasteiger partial charge in [0.15, 0.2) is 5.96 Å². The summed E-state index contributed by atoms with van der Waals surface area (Å²) in [7, 11) is 3.47. The number of likely N-dealkylation sites (N-methyl/N-ethyl adjacent to an activating group) is 1. The van der Waals surface area contributed by atoms with Crippen LogP contribution in [0.3, 0.4) is 0 Å². The molecule has 0 spiro atoms. The average Bonchev–Trinajstić information content (AvgIpc) is 2.54. The molecule has 24 heavy (non-hydrogen) atoms. The summed E-state index contributed by atoms with van der Waals surface area (Å²) < 4.78 is 0. The van der Waals surface area contributed by atoms with E-state index in [2.05, 4.69) is 53.6 Å². The Morgan fingerprint density at radius 1 is 1.29 bits per heavy atom. The zero-order valence-corrected chi connectivity index (χ0v) is 16.1. The van der Waals surface area contributed by atoms with E-state index in [4.69, 9.17) is 0 Å². The smallest absolute Gasteiger partial charge is 0.241 e. The number of amides is 1. The van der Waals surface area contributed by atoms with Crippen LogP contribution in [0.2, 0.25) is 0 Å². The van der Waals surface area contributed by atoms with Crippen molar-refractivity contribution in [1.29, 1.82) is 0 Å². The lowest BCUT2D eigenvalue weighted by Crippen LogP contribution is -2.43. The van der Waals surface area contributed by atoms with E-state index in [1.165, 1.54) is 16.0 Å². The summed E-state index contributed by atoms with van der Waals surface area (Å²) in [5.74, 6) is 0.612. The van der Waals surface area contributed by atoms with Crippen LogP contribution in [0, 0.1) is 6.92 Å². The summed E-state index contributed by atoms with van der Waals surface area (Å²) in [4.78, 5) is 19.1. The topological polar surface area (TPSA) is 56.7 Å². The molecule has 0 atom stereocenters. The Labute approximate surface area is 149 Å². The predicted molar refractivity (Wildman–Crippen MR) is 104 cm³/mol. The largest absolute Gasteiger partial charge is 0.353 e. The summed E-state index contributed by atoms with van der Waals surface area (Å²) in [5, 5.41) is 6.27. The molecule has 0 aliphatic heterocycles. The van der Waals surface area contributed by atoms with Crippen molar-refractivity contribution >= 4 is 23.6 Å². The number of aryl methyl sites for hydroxylation is 1. The number of aliphatic imine (C=N–C) groups is 1. The van der Waals surface area contributed by atoms with Gasteiger partial charge in [0.25, 0.3) is 0 Å². The van der Waals surface area contributed by atoms with Crippen molar-refractivity contribution in [1.82, 2.24) is 15.5 Å². The van der Waals surface area contributed by atoms with Crippen molar-refractivity contribution in [2.45, 2.75) is 25.3 Å². The maximum Gasteiger partial charge on any atom is 0.241 e. The Morgan fingerprint density at radius 3 is 2.54 bits per heavy atom. The summed E-state index contributed by atoms with van der Waals surface area (Å²) >= 11 is 1.72. The molecule has 0 heterocycles. The zero-order chi connectivity index (χ0) is 18.1. The fourth-order valence-corrected chi connectivity index (χ4v) is 2.57. The molecule has 2 N–H and O–H groups in total. The third-order valence-electron chi connectivity index (χ3n) is 3.31. The Morgan fingerprint density at radius 2 is 1.96 bits per heavy atom. The molecule has 0 aliphatic rings. The molecule has 5 nitrogen and oxygen atoms in total. The molecule has 0 unspecified atom stereocenters. The highest BCUT2D eigenvalue weighted by Crippen LogP contribution is 2.22. The van der Waals surface area contributed by atoms with Gasteiger partial charge in [-0.2, -0.15) is 0 Å². The van der Waals surface area contributed by atoms with Crippen molar-refractivity contribution in [3.8, 4) is 0 Å². The molecule has 0 aromatic heterocycles. The fourth-order valence-electron chi connectivity index (χ4n) is 1.87. The zero-order valence-electron chi connectivity index (χ0n) is 15.3. The molecule has 0 saturated heterocycles. The molecule has 0 bridgehead atoms. The SMILES string of the molecule is C=C(C)CNC(=NCc1ccc(C)cc1SC)NCC(=O)N(C)C. The highest BCUT2D eigenvalue weighted by molar-refractivity contribution is 7.98. The minimum Gasteiger partial charge on any atom is -0.353 e. The maximum absolute atomic E-state index is 11.8. The molecule has 1 aromatic rings. The number of carbonyl (C=O) groups is 1. The molecule has 0 aliphatic carbocycles. The number of nitrogens with one attached hydrogen (secondary N) is 2. The van der Waals surface area contributed by atoms with E-state index in [0.717, 1.165) is 5.57 Å². The summed E-state index contributed by atoms with van der Waals surface area (Å²) in [6, 6.07) is 6.36. The standard InChI is InChI=1S/C18H28N4OS/c1-13(2)10-19-18(21-12-17(23)22(4)5)20-11-15-8-7-14(3)9-16(15)24-6/h7-9H,1,10-12H2,2-6H3,(H2,19,20,21). The number of thioether (sulfide) groups is 1. The number of guanidine groups is 1. The molecule has 1 aromatic carbocycles. The van der Waals surface area contributed by atoms with Crippen LogP contribution in [0.15, 0.2) is 40.2 Å². The molecule has 6 heteroatoms. The van der Waals surface area contributed by atoms with Crippen LogP contribution in [-0.2, 0) is 11.3 Å². The highest BCUT2D eigenvalue weighted by Gasteiger charge is 2.07. The maximum atomic E-state index is 11.8. The second-order valence-corrected chi connectivity index (χ2v) is 6.78. The molecule has 0 saturated carbocycles. The summed E-state index contributed by atoms with van der Waals surface area (Å²) in [6.45, 7) is 9.29. The van der Waals surface area contributed by atoms with E-state index < -0.39 is 0 Å². The Kier molecular flexibility index (Phi) is 8.40. The first-order valence-corrected chi connectivity index (χ1v) is 9.06. The Balaban J connectivity index is 2.82. The van der Waals surface area contributed by atoms with E-state index in [1.54, 1.807) is 30.8 Å². The lowest BCUT2D eigenvalue weighted by molar-refractivity contribution is -0.127. The second-order valence-electron chi connectivity index (χ2n) is 5.93. The highest BCUT2D eigenvalue weighted by atomic mass is 32.2. The van der Waals surface area contributed by atoms with Crippen molar-refractivity contribution in [2.75, 3.05) is 33.4 Å². The number of benzene rings is 1. The van der Waals surface area contributed by atoms with Crippen LogP contribution in [-0.4, -0.2) is 50.2 Å². The third kappa shape index (κ3) is 7.08. The number of rotatable bonds is 7. The van der Waals surface area contributed by atoms with Crippen LogP contribution < -0.4 is 10.6 Å². The molecule has 1 amide bonds. The number of carbonyl (C=O) groups excluding carboxylic acids is 1. The normalized spacial score (nSPS) is 11.1. The van der Waals surface area contributed by atoms with Crippen LogP contribution in [0.1, 0.15) is 18.1 Å². The van der Waals surface area contributed by atoms with Gasteiger partial charge in [-0.1, -0.05) is 24.3 Å². The van der Waals surface area contributed by atoms with Crippen molar-refractivity contribution in [3.05, 3.63) is 41.5 Å². The van der Waals surface area contributed by atoms with Crippen molar-refractivity contribution in [3.63, 3.8) is 0 Å². The molecule has 132 valence electrons. The quantitative estimate of drug-likeness (QED) is 0.344. The van der Waals surface area contributed by atoms with Gasteiger partial charge >= 0.3 is 0 Å². The fraction of sp³-hybridized carbons (Fsp3) is 0.444. The molecule has 0 radical (unpaired) electrons. The molecular weight excluding hydrogens is 320 g/mol. The predicted octanol–water partition coefficient (Wildman–Crippen LogP) is 2.42. The average molecular weight is 349 g/mol. The first kappa shape index (κ1) is 20.1. The number of hydrogen-bond donors (Lipinski definition) is 2. The van der Waals surface area contributed by atoms with E-state index >= 15 is 0 Å². The summed E-state index contributed by atoms with van der Waals surface area (Å²) in [6.07, 6.45) is 2.07. The molecular formula is C18H28N4OS. The van der Waals surface area contributed by atoms with Crippen molar-refractivity contribution in [2.24, 2.45) is 4.99 Å². The van der Waals surface area contributed by atoms with Gasteiger partial charge in [-0.15, -0.1) is 11.8 Å². The van der Waals surface area contributed by atoms with Gasteiger partial charge in [0, 0.05) is 25.5 Å². The van der Waals surface area contributed by atoms with Gasteiger partial charge in [-0.05, 0) is 37.3 Å². The third-order valence-corrected chi connectivity index (χ3v) is 4.13. The van der Waals surface area contributed by atoms with Crippen LogP contribution >= 0.6 is 11.8 Å².